The van der Waals surface area contributed by atoms with E-state index in [1.165, 1.54) is 61.6 Å². The summed E-state index contributed by atoms with van der Waals surface area (Å²) in [6.45, 7) is 10.3. The minimum absolute atomic E-state index is 0.474. The summed E-state index contributed by atoms with van der Waals surface area (Å²) in [4.78, 5) is 0. The number of thioether (sulfide) groups is 1. The zero-order valence-corrected chi connectivity index (χ0v) is 34.0. The summed E-state index contributed by atoms with van der Waals surface area (Å²) in [7, 11) is 8.09. The van der Waals surface area contributed by atoms with E-state index in [0.29, 0.717) is 5.92 Å². The maximum absolute atomic E-state index is 5.81. The van der Waals surface area contributed by atoms with Crippen molar-refractivity contribution in [3.8, 4) is 11.3 Å². The van der Waals surface area contributed by atoms with Crippen molar-refractivity contribution in [2.24, 2.45) is 5.92 Å². The molecule has 0 saturated heterocycles. The van der Waals surface area contributed by atoms with Crippen molar-refractivity contribution >= 4 is 54.4 Å². The number of aromatic nitrogens is 1. The average molecular weight is 746 g/mol. The van der Waals surface area contributed by atoms with Gasteiger partial charge in [0.15, 0.2) is 0 Å². The van der Waals surface area contributed by atoms with Gasteiger partial charge in [-0.2, -0.15) is 11.3 Å². The number of aryl methyl sites for hydroxylation is 3. The predicted octanol–water partition coefficient (Wildman–Crippen LogP) is 11.0. The van der Waals surface area contributed by atoms with E-state index in [4.69, 9.17) is 7.49 Å². The Bertz CT molecular complexity index is 2110. The molecule has 0 N–H and O–H groups in total. The van der Waals surface area contributed by atoms with Crippen molar-refractivity contribution in [2.45, 2.75) is 65.3 Å². The molecule has 5 heterocycles. The normalized spacial score (nSPS) is 17.9. The van der Waals surface area contributed by atoms with Crippen LogP contribution in [0.3, 0.4) is 0 Å². The number of fused-ring (bicyclic) bond motifs is 5. The molecule has 2 aromatic heterocycles. The number of allylic oxidation sites excluding steroid dienone is 14. The van der Waals surface area contributed by atoms with Crippen LogP contribution in [0, 0.1) is 5.92 Å². The Kier molecular flexibility index (Phi) is 14.5. The first-order valence-electron chi connectivity index (χ1n) is 19.5. The van der Waals surface area contributed by atoms with Gasteiger partial charge in [-0.1, -0.05) is 54.7 Å². The molecule has 0 bridgehead atoms. The Morgan fingerprint density at radius 1 is 0.944 bits per heavy atom. The Labute approximate surface area is 333 Å². The number of hydrogen-bond donors (Lipinski definition) is 0. The van der Waals surface area contributed by atoms with Crippen LogP contribution < -0.4 is 4.57 Å². The van der Waals surface area contributed by atoms with Crippen molar-refractivity contribution in [2.75, 3.05) is 19.3 Å². The van der Waals surface area contributed by atoms with Crippen molar-refractivity contribution in [3.05, 3.63) is 170 Å². The first-order chi connectivity index (χ1) is 26.5. The summed E-state index contributed by atoms with van der Waals surface area (Å²) in [6, 6.07) is 12.0. The topological polar surface area (TPSA) is 6.89 Å². The molecule has 6 rings (SSSR count). The van der Waals surface area contributed by atoms with Crippen molar-refractivity contribution in [3.63, 3.8) is 0 Å². The van der Waals surface area contributed by atoms with E-state index < -0.39 is 0 Å². The molecule has 273 valence electrons. The van der Waals surface area contributed by atoms with E-state index in [0.717, 1.165) is 69.4 Å². The third kappa shape index (κ3) is 10.3. The van der Waals surface area contributed by atoms with Gasteiger partial charge in [-0.25, -0.2) is 0 Å². The Hall–Kier alpha value is -4.32. The summed E-state index contributed by atoms with van der Waals surface area (Å²) in [5.41, 5.74) is 15.6. The summed E-state index contributed by atoms with van der Waals surface area (Å²) in [6.07, 6.45) is 36.5. The first kappa shape index (κ1) is 39.4. The summed E-state index contributed by atoms with van der Waals surface area (Å²) in [5.74, 6) is 3.24. The van der Waals surface area contributed by atoms with Crippen LogP contribution in [-0.4, -0.2) is 43.1 Å². The van der Waals surface area contributed by atoms with Crippen molar-refractivity contribution in [1.82, 2.24) is 0 Å². The van der Waals surface area contributed by atoms with Crippen molar-refractivity contribution < 1.29 is 9.14 Å². The van der Waals surface area contributed by atoms with Crippen LogP contribution in [0.15, 0.2) is 137 Å². The van der Waals surface area contributed by atoms with Gasteiger partial charge < -0.3 is 0 Å². The molecule has 1 atom stereocenters. The molecule has 3 aromatic rings. The molecular formula is C49H54BN2S2+2. The zero-order chi connectivity index (χ0) is 37.7. The second kappa shape index (κ2) is 19.8. The monoisotopic (exact) mass is 745 g/mol. The van der Waals surface area contributed by atoms with Crippen LogP contribution in [0.5, 0.6) is 0 Å². The molecule has 0 spiro atoms. The van der Waals surface area contributed by atoms with Crippen LogP contribution in [0.4, 0.5) is 0 Å². The molecule has 5 heteroatoms. The van der Waals surface area contributed by atoms with Gasteiger partial charge in [0, 0.05) is 6.42 Å². The van der Waals surface area contributed by atoms with Gasteiger partial charge in [0.1, 0.15) is 13.6 Å². The molecule has 3 aliphatic heterocycles. The standard InChI is InChI=1S/C49H54BN2S2/c1-5-12-38(6-2)19-20-39(14-7-8-15-40-25-29-53-35-40)32-46-48-43(17-10-27-51(46)4)22-23-44-18-11-28-52-45(24-21-41-26-30-54-36-41)31-42(33-47(52)49(44)48)16-9-13-37(3)34-50/h5-8,12,14-15,19-26,29-35,41H,3,9-11,13,16-18,27-28,36H2,1-2,4H3/q+2/b12-5-,14-7+,15-8+,20-19+,24-21+,38-6+,39-32+. The van der Waals surface area contributed by atoms with Crippen LogP contribution >= 0.6 is 23.1 Å². The van der Waals surface area contributed by atoms with Crippen LogP contribution in [0.25, 0.3) is 23.4 Å². The Morgan fingerprint density at radius 2 is 1.76 bits per heavy atom. The van der Waals surface area contributed by atoms with Gasteiger partial charge in [0.2, 0.25) is 0 Å². The quantitative estimate of drug-likeness (QED) is 0.0905. The third-order valence-electron chi connectivity index (χ3n) is 10.4. The first-order valence-corrected chi connectivity index (χ1v) is 21.5. The van der Waals surface area contributed by atoms with E-state index in [1.807, 2.05) is 11.8 Å². The summed E-state index contributed by atoms with van der Waals surface area (Å²) < 4.78 is 5.11. The van der Waals surface area contributed by atoms with E-state index in [9.17, 15) is 0 Å². The molecule has 0 aliphatic carbocycles. The number of benzene rings is 1. The second-order valence-electron chi connectivity index (χ2n) is 14.4. The van der Waals surface area contributed by atoms with Crippen molar-refractivity contribution in [1.29, 1.82) is 0 Å². The number of nitrogens with zero attached hydrogens (tertiary/aromatic N) is 2. The fourth-order valence-corrected chi connectivity index (χ4v) is 9.03. The average Bonchev–Trinajstić information content (AvgIpc) is 3.85. The maximum atomic E-state index is 5.81. The fraction of sp³-hybridized carbons (Fsp3) is 0.286. The SMILES string of the molecule is [B]=CC(=C)CCCc1cc(/C=C/C2C=CSC2)[n+]2c(c1)-c1c(ccc3c1C(/C=C(\C=C\C=C\c1ccsc1)/C=C/C(/C=C\C)=C/C)=[N+](C)CCC3)CCC2. The molecule has 3 aliphatic rings. The van der Waals surface area contributed by atoms with Gasteiger partial charge in [-0.05, 0) is 52.8 Å². The Morgan fingerprint density at radius 3 is 2.50 bits per heavy atom. The molecule has 1 radical (unpaired) electrons. The van der Waals surface area contributed by atoms with Gasteiger partial charge in [-0.15, -0.1) is 11.8 Å². The van der Waals surface area contributed by atoms with E-state index in [-0.39, 0.29) is 0 Å². The molecule has 0 amide bonds. The van der Waals surface area contributed by atoms with E-state index in [1.54, 1.807) is 17.3 Å². The summed E-state index contributed by atoms with van der Waals surface area (Å²) in [5, 5.41) is 6.54. The van der Waals surface area contributed by atoms with Gasteiger partial charge in [0.05, 0.1) is 0 Å². The van der Waals surface area contributed by atoms with E-state index in [2.05, 4.69) is 162 Å². The molecule has 1 unspecified atom stereocenters. The third-order valence-corrected chi connectivity index (χ3v) is 12.1. The number of thiophene rings is 1. The number of rotatable bonds is 14. The molecule has 0 fully saturated rings. The zero-order valence-electron chi connectivity index (χ0n) is 32.3. The number of hydrogen-bond acceptors (Lipinski definition) is 2. The second-order valence-corrected chi connectivity index (χ2v) is 16.1. The molecule has 1 aromatic carbocycles. The Balaban J connectivity index is 1.52. The van der Waals surface area contributed by atoms with Gasteiger partial charge >= 0.3 is 185 Å². The molecule has 0 saturated carbocycles. The van der Waals surface area contributed by atoms with E-state index >= 15 is 0 Å². The predicted molar refractivity (Wildman–Crippen MR) is 240 cm³/mol. The van der Waals surface area contributed by atoms with Crippen LogP contribution in [-0.2, 0) is 25.8 Å². The molecule has 2 nitrogen and oxygen atoms in total. The fourth-order valence-electron chi connectivity index (χ4n) is 7.53. The van der Waals surface area contributed by atoms with Gasteiger partial charge in [-0.3, -0.25) is 0 Å². The van der Waals surface area contributed by atoms with Crippen LogP contribution in [0.1, 0.15) is 73.0 Å². The minimum atomic E-state index is 0.474. The molecular weight excluding hydrogens is 691 g/mol. The summed E-state index contributed by atoms with van der Waals surface area (Å²) >= 11 is 3.63. The number of pyridine rings is 1. The van der Waals surface area contributed by atoms with Gasteiger partial charge in [0.25, 0.3) is 0 Å². The van der Waals surface area contributed by atoms with Crippen LogP contribution in [0.2, 0.25) is 0 Å². The molecule has 54 heavy (non-hydrogen) atoms.